The van der Waals surface area contributed by atoms with Gasteiger partial charge in [0, 0.05) is 51.0 Å². The van der Waals surface area contributed by atoms with E-state index in [1.807, 2.05) is 19.1 Å². The lowest BCUT2D eigenvalue weighted by Crippen LogP contribution is -2.59. The molecule has 0 amide bonds. The van der Waals surface area contributed by atoms with E-state index in [-0.39, 0.29) is 17.2 Å². The number of rotatable bonds is 9. The summed E-state index contributed by atoms with van der Waals surface area (Å²) in [5, 5.41) is 10.6. The number of pyridine rings is 1. The minimum absolute atomic E-state index is 0.140. The van der Waals surface area contributed by atoms with Gasteiger partial charge in [-0.15, -0.1) is 0 Å². The topological polar surface area (TPSA) is 42.8 Å². The van der Waals surface area contributed by atoms with Gasteiger partial charge in [0.25, 0.3) is 0 Å². The van der Waals surface area contributed by atoms with Crippen LogP contribution >= 0.6 is 0 Å². The largest absolute Gasteiger partial charge is 0.374 e. The lowest BCUT2D eigenvalue weighted by molar-refractivity contribution is 0.0476. The highest BCUT2D eigenvalue weighted by Gasteiger charge is 2.34. The van der Waals surface area contributed by atoms with E-state index in [0.717, 1.165) is 38.3 Å². The zero-order valence-electron chi connectivity index (χ0n) is 18.8. The van der Waals surface area contributed by atoms with Crippen LogP contribution in [0, 0.1) is 11.6 Å². The van der Waals surface area contributed by atoms with Gasteiger partial charge in [-0.05, 0) is 50.5 Å². The molecule has 1 aromatic heterocycles. The molecule has 31 heavy (non-hydrogen) atoms. The fourth-order valence-corrected chi connectivity index (χ4v) is 4.20. The molecule has 0 spiro atoms. The van der Waals surface area contributed by atoms with Crippen molar-refractivity contribution in [2.24, 2.45) is 0 Å². The Hall–Kier alpha value is -2.09. The van der Waals surface area contributed by atoms with Crippen molar-refractivity contribution in [3.8, 4) is 0 Å². The van der Waals surface area contributed by atoms with Crippen LogP contribution in [0.5, 0.6) is 0 Å². The molecule has 2 aromatic rings. The van der Waals surface area contributed by atoms with Gasteiger partial charge < -0.3 is 14.9 Å². The summed E-state index contributed by atoms with van der Waals surface area (Å²) in [4.78, 5) is 10.6. The molecule has 1 atom stereocenters. The highest BCUT2D eigenvalue weighted by molar-refractivity contribution is 5.41. The number of halogens is 2. The van der Waals surface area contributed by atoms with E-state index >= 15 is 0 Å². The Kier molecular flexibility index (Phi) is 7.97. The standard InChI is InChI=1S/C24H34F2N4O/c1-4-22(31)30(23-21(26)10-7-12-27-23)18-24(2,3)29-16-14-28(15-17-29)13-11-19-8-5-6-9-20(19)25/h5-10,12,22,31H,4,11,13-18H2,1-3H3. The molecule has 3 rings (SSSR count). The summed E-state index contributed by atoms with van der Waals surface area (Å²) in [5.41, 5.74) is 0.476. The van der Waals surface area contributed by atoms with Crippen molar-refractivity contribution in [2.75, 3.05) is 44.2 Å². The maximum absolute atomic E-state index is 14.4. The van der Waals surface area contributed by atoms with E-state index in [4.69, 9.17) is 0 Å². The Morgan fingerprint density at radius 3 is 2.39 bits per heavy atom. The van der Waals surface area contributed by atoms with E-state index in [1.54, 1.807) is 23.2 Å². The van der Waals surface area contributed by atoms with E-state index < -0.39 is 12.0 Å². The third-order valence-electron chi connectivity index (χ3n) is 6.18. The molecule has 1 saturated heterocycles. The first-order chi connectivity index (χ1) is 14.8. The molecule has 1 aliphatic heterocycles. The van der Waals surface area contributed by atoms with Gasteiger partial charge in [0.05, 0.1) is 0 Å². The summed E-state index contributed by atoms with van der Waals surface area (Å²) in [5.74, 6) is -0.379. The molecule has 2 heterocycles. The molecular weight excluding hydrogens is 398 g/mol. The van der Waals surface area contributed by atoms with E-state index in [1.165, 1.54) is 12.1 Å². The van der Waals surface area contributed by atoms with E-state index in [9.17, 15) is 13.9 Å². The van der Waals surface area contributed by atoms with Gasteiger partial charge in [-0.25, -0.2) is 13.8 Å². The Morgan fingerprint density at radius 2 is 1.74 bits per heavy atom. The highest BCUT2D eigenvalue weighted by atomic mass is 19.1. The lowest BCUT2D eigenvalue weighted by atomic mass is 9.99. The molecule has 0 aliphatic carbocycles. The number of aliphatic hydroxyl groups excluding tert-OH is 1. The van der Waals surface area contributed by atoms with Crippen molar-refractivity contribution < 1.29 is 13.9 Å². The van der Waals surface area contributed by atoms with Gasteiger partial charge in [-0.3, -0.25) is 4.90 Å². The second-order valence-electron chi connectivity index (χ2n) is 8.81. The minimum atomic E-state index is -0.800. The fourth-order valence-electron chi connectivity index (χ4n) is 4.20. The number of aromatic nitrogens is 1. The fraction of sp³-hybridized carbons (Fsp3) is 0.542. The zero-order chi connectivity index (χ0) is 22.4. The summed E-state index contributed by atoms with van der Waals surface area (Å²) >= 11 is 0. The molecule has 170 valence electrons. The molecule has 0 radical (unpaired) electrons. The maximum atomic E-state index is 14.4. The molecule has 1 N–H and O–H groups in total. The van der Waals surface area contributed by atoms with E-state index in [0.29, 0.717) is 19.4 Å². The van der Waals surface area contributed by atoms with Crippen LogP contribution in [0.15, 0.2) is 42.6 Å². The first-order valence-corrected chi connectivity index (χ1v) is 11.1. The normalized spacial score (nSPS) is 17.0. The number of nitrogens with zero attached hydrogens (tertiary/aromatic N) is 4. The average Bonchev–Trinajstić information content (AvgIpc) is 2.77. The van der Waals surface area contributed by atoms with Crippen LogP contribution in [-0.4, -0.2) is 70.9 Å². The van der Waals surface area contributed by atoms with Crippen LogP contribution < -0.4 is 4.90 Å². The average molecular weight is 433 g/mol. The molecule has 5 nitrogen and oxygen atoms in total. The molecule has 1 aromatic carbocycles. The van der Waals surface area contributed by atoms with Gasteiger partial charge in [0.2, 0.25) is 0 Å². The van der Waals surface area contributed by atoms with Crippen molar-refractivity contribution in [3.63, 3.8) is 0 Å². The monoisotopic (exact) mass is 432 g/mol. The number of aliphatic hydroxyl groups is 1. The van der Waals surface area contributed by atoms with Gasteiger partial charge >= 0.3 is 0 Å². The maximum Gasteiger partial charge on any atom is 0.166 e. The van der Waals surface area contributed by atoms with E-state index in [2.05, 4.69) is 28.6 Å². The van der Waals surface area contributed by atoms with Crippen LogP contribution in [0.4, 0.5) is 14.6 Å². The molecule has 0 saturated carbocycles. The van der Waals surface area contributed by atoms with Gasteiger partial charge in [0.1, 0.15) is 12.0 Å². The van der Waals surface area contributed by atoms with Crippen LogP contribution in [0.2, 0.25) is 0 Å². The molecule has 1 fully saturated rings. The smallest absolute Gasteiger partial charge is 0.166 e. The number of piperazine rings is 1. The van der Waals surface area contributed by atoms with Crippen molar-refractivity contribution >= 4 is 5.82 Å². The Morgan fingerprint density at radius 1 is 1.06 bits per heavy atom. The summed E-state index contributed by atoms with van der Waals surface area (Å²) in [7, 11) is 0. The second kappa shape index (κ2) is 10.5. The van der Waals surface area contributed by atoms with Crippen LogP contribution in [0.3, 0.4) is 0 Å². The van der Waals surface area contributed by atoms with Crippen molar-refractivity contribution in [1.29, 1.82) is 0 Å². The third-order valence-corrected chi connectivity index (χ3v) is 6.18. The van der Waals surface area contributed by atoms with Crippen LogP contribution in [-0.2, 0) is 6.42 Å². The van der Waals surface area contributed by atoms with Gasteiger partial charge in [-0.2, -0.15) is 0 Å². The van der Waals surface area contributed by atoms with Gasteiger partial charge in [-0.1, -0.05) is 25.1 Å². The SMILES string of the molecule is CCC(O)N(CC(C)(C)N1CCN(CCc2ccccc2F)CC1)c1ncccc1F. The summed E-state index contributed by atoms with van der Waals surface area (Å²) in [6.07, 6.45) is 1.93. The van der Waals surface area contributed by atoms with Gasteiger partial charge in [0.15, 0.2) is 11.6 Å². The highest BCUT2D eigenvalue weighted by Crippen LogP contribution is 2.25. The van der Waals surface area contributed by atoms with Crippen molar-refractivity contribution in [3.05, 3.63) is 59.8 Å². The van der Waals surface area contributed by atoms with Crippen molar-refractivity contribution in [1.82, 2.24) is 14.8 Å². The molecule has 1 unspecified atom stereocenters. The molecule has 0 bridgehead atoms. The number of hydrogen-bond acceptors (Lipinski definition) is 5. The predicted molar refractivity (Wildman–Crippen MR) is 120 cm³/mol. The first kappa shape index (κ1) is 23.6. The third kappa shape index (κ3) is 5.99. The Labute approximate surface area is 184 Å². The van der Waals surface area contributed by atoms with Crippen LogP contribution in [0.1, 0.15) is 32.8 Å². The number of anilines is 1. The predicted octanol–water partition coefficient (Wildman–Crippen LogP) is 3.53. The quantitative estimate of drug-likeness (QED) is 0.614. The molecular formula is C24H34F2N4O. The lowest BCUT2D eigenvalue weighted by Gasteiger charge is -2.47. The second-order valence-corrected chi connectivity index (χ2v) is 8.81. The Balaban J connectivity index is 1.59. The number of hydrogen-bond donors (Lipinski definition) is 1. The number of benzene rings is 1. The molecule has 7 heteroatoms. The minimum Gasteiger partial charge on any atom is -0.374 e. The molecule has 1 aliphatic rings. The zero-order valence-corrected chi connectivity index (χ0v) is 18.8. The summed E-state index contributed by atoms with van der Waals surface area (Å²) in [6.45, 7) is 10.9. The van der Waals surface area contributed by atoms with Crippen molar-refractivity contribution in [2.45, 2.75) is 45.4 Å². The van der Waals surface area contributed by atoms with Crippen LogP contribution in [0.25, 0.3) is 0 Å². The summed E-state index contributed by atoms with van der Waals surface area (Å²) in [6, 6.07) is 9.88. The first-order valence-electron chi connectivity index (χ1n) is 11.1. The Bertz CT molecular complexity index is 840. The summed E-state index contributed by atoms with van der Waals surface area (Å²) < 4.78 is 28.3.